The van der Waals surface area contributed by atoms with E-state index in [1.165, 1.54) is 0 Å². The van der Waals surface area contributed by atoms with Crippen LogP contribution in [0.3, 0.4) is 0 Å². The Morgan fingerprint density at radius 3 is 2.63 bits per heavy atom. The van der Waals surface area contributed by atoms with E-state index in [4.69, 9.17) is 21.1 Å². The molecule has 4 rings (SSSR count). The molecule has 2 N–H and O–H groups in total. The van der Waals surface area contributed by atoms with Gasteiger partial charge in [0.05, 0.1) is 24.0 Å². The van der Waals surface area contributed by atoms with Crippen molar-refractivity contribution in [2.24, 2.45) is 0 Å². The molecule has 0 saturated carbocycles. The summed E-state index contributed by atoms with van der Waals surface area (Å²) < 4.78 is 13.0. The SMILES string of the molecule is CCn1c(-c2cc(NC(=O)COc3ccc(Cl)cc3)n[nH]2)cc2ccc(OC)cc21. The zero-order chi connectivity index (χ0) is 21.1. The fourth-order valence-corrected chi connectivity index (χ4v) is 3.43. The molecule has 1 amide bonds. The quantitative estimate of drug-likeness (QED) is 0.449. The van der Waals surface area contributed by atoms with Crippen molar-refractivity contribution in [3.8, 4) is 22.9 Å². The fraction of sp³-hybridized carbons (Fsp3) is 0.182. The number of benzene rings is 2. The number of nitrogens with zero attached hydrogens (tertiary/aromatic N) is 2. The predicted octanol–water partition coefficient (Wildman–Crippen LogP) is 4.73. The first-order valence-corrected chi connectivity index (χ1v) is 9.86. The van der Waals surface area contributed by atoms with Gasteiger partial charge >= 0.3 is 0 Å². The smallest absolute Gasteiger partial charge is 0.263 e. The topological polar surface area (TPSA) is 81.2 Å². The van der Waals surface area contributed by atoms with Gasteiger partial charge < -0.3 is 19.4 Å². The number of aryl methyl sites for hydroxylation is 1. The van der Waals surface area contributed by atoms with E-state index in [0.717, 1.165) is 34.6 Å². The summed E-state index contributed by atoms with van der Waals surface area (Å²) >= 11 is 5.84. The van der Waals surface area contributed by atoms with Crippen LogP contribution in [0.5, 0.6) is 11.5 Å². The summed E-state index contributed by atoms with van der Waals surface area (Å²) in [7, 11) is 1.65. The number of H-pyrrole nitrogens is 1. The first-order chi connectivity index (χ1) is 14.6. The van der Waals surface area contributed by atoms with Crippen molar-refractivity contribution >= 4 is 34.2 Å². The Labute approximate surface area is 178 Å². The molecule has 0 aliphatic carbocycles. The molecule has 7 nitrogen and oxygen atoms in total. The number of carbonyl (C=O) groups is 1. The Morgan fingerprint density at radius 2 is 1.90 bits per heavy atom. The number of hydrogen-bond donors (Lipinski definition) is 2. The molecule has 8 heteroatoms. The van der Waals surface area contributed by atoms with Gasteiger partial charge in [0, 0.05) is 29.1 Å². The molecule has 0 aliphatic heterocycles. The second kappa shape index (κ2) is 8.51. The highest BCUT2D eigenvalue weighted by Gasteiger charge is 2.14. The minimum atomic E-state index is -0.302. The summed E-state index contributed by atoms with van der Waals surface area (Å²) in [6.45, 7) is 2.73. The maximum absolute atomic E-state index is 12.2. The van der Waals surface area contributed by atoms with Gasteiger partial charge in [-0.1, -0.05) is 11.6 Å². The van der Waals surface area contributed by atoms with Crippen LogP contribution in [0.15, 0.2) is 54.6 Å². The van der Waals surface area contributed by atoms with Crippen LogP contribution < -0.4 is 14.8 Å². The summed E-state index contributed by atoms with van der Waals surface area (Å²) in [5, 5.41) is 11.7. The average molecular weight is 425 g/mol. The van der Waals surface area contributed by atoms with Crippen LogP contribution in [-0.4, -0.2) is 34.4 Å². The average Bonchev–Trinajstić information content (AvgIpc) is 3.36. The first-order valence-electron chi connectivity index (χ1n) is 9.48. The number of halogens is 1. The maximum Gasteiger partial charge on any atom is 0.263 e. The van der Waals surface area contributed by atoms with E-state index in [-0.39, 0.29) is 12.5 Å². The Kier molecular flexibility index (Phi) is 5.63. The van der Waals surface area contributed by atoms with E-state index >= 15 is 0 Å². The number of ether oxygens (including phenoxy) is 2. The molecule has 0 fully saturated rings. The minimum Gasteiger partial charge on any atom is -0.497 e. The lowest BCUT2D eigenvalue weighted by atomic mass is 10.2. The van der Waals surface area contributed by atoms with Gasteiger partial charge in [-0.3, -0.25) is 9.89 Å². The number of aromatic nitrogens is 3. The number of fused-ring (bicyclic) bond motifs is 1. The van der Waals surface area contributed by atoms with E-state index in [1.54, 1.807) is 37.4 Å². The number of rotatable bonds is 7. The molecule has 2 aromatic heterocycles. The third-order valence-electron chi connectivity index (χ3n) is 4.73. The largest absolute Gasteiger partial charge is 0.497 e. The van der Waals surface area contributed by atoms with Crippen LogP contribution in [0.2, 0.25) is 5.02 Å². The van der Waals surface area contributed by atoms with Gasteiger partial charge in [0.15, 0.2) is 12.4 Å². The van der Waals surface area contributed by atoms with Gasteiger partial charge in [0.1, 0.15) is 11.5 Å². The third kappa shape index (κ3) is 4.11. The van der Waals surface area contributed by atoms with Crippen molar-refractivity contribution in [2.75, 3.05) is 19.0 Å². The molecule has 0 spiro atoms. The zero-order valence-corrected chi connectivity index (χ0v) is 17.4. The Balaban J connectivity index is 1.48. The molecular formula is C22H21ClN4O3. The highest BCUT2D eigenvalue weighted by atomic mass is 35.5. The van der Waals surface area contributed by atoms with Crippen LogP contribution in [0.1, 0.15) is 6.92 Å². The maximum atomic E-state index is 12.2. The molecule has 30 heavy (non-hydrogen) atoms. The van der Waals surface area contributed by atoms with E-state index < -0.39 is 0 Å². The summed E-state index contributed by atoms with van der Waals surface area (Å²) in [6.07, 6.45) is 0. The van der Waals surface area contributed by atoms with Crippen molar-refractivity contribution in [1.82, 2.24) is 14.8 Å². The number of carbonyl (C=O) groups excluding carboxylic acids is 1. The number of nitrogens with one attached hydrogen (secondary N) is 2. The minimum absolute atomic E-state index is 0.126. The van der Waals surface area contributed by atoms with Crippen LogP contribution in [0.25, 0.3) is 22.3 Å². The number of anilines is 1. The van der Waals surface area contributed by atoms with Crippen LogP contribution in [0, 0.1) is 0 Å². The number of hydrogen-bond acceptors (Lipinski definition) is 4. The van der Waals surface area contributed by atoms with Gasteiger partial charge in [-0.2, -0.15) is 5.10 Å². The summed E-state index contributed by atoms with van der Waals surface area (Å²) in [6, 6.07) is 16.7. The van der Waals surface area contributed by atoms with Crippen molar-refractivity contribution in [1.29, 1.82) is 0 Å². The molecule has 0 bridgehead atoms. The molecule has 154 valence electrons. The second-order valence-corrected chi connectivity index (χ2v) is 7.09. The van der Waals surface area contributed by atoms with Crippen molar-refractivity contribution in [2.45, 2.75) is 13.5 Å². The van der Waals surface area contributed by atoms with Crippen LogP contribution in [-0.2, 0) is 11.3 Å². The molecule has 2 aromatic carbocycles. The number of aromatic amines is 1. The molecule has 0 unspecified atom stereocenters. The first kappa shape index (κ1) is 19.8. The zero-order valence-electron chi connectivity index (χ0n) is 16.6. The Bertz CT molecular complexity index is 1180. The van der Waals surface area contributed by atoms with Crippen molar-refractivity contribution in [3.63, 3.8) is 0 Å². The van der Waals surface area contributed by atoms with E-state index in [9.17, 15) is 4.79 Å². The molecular weight excluding hydrogens is 404 g/mol. The van der Waals surface area contributed by atoms with Gasteiger partial charge in [0.2, 0.25) is 0 Å². The second-order valence-electron chi connectivity index (χ2n) is 6.66. The summed E-state index contributed by atoms with van der Waals surface area (Å²) in [4.78, 5) is 12.2. The molecule has 0 atom stereocenters. The lowest BCUT2D eigenvalue weighted by Gasteiger charge is -2.07. The van der Waals surface area contributed by atoms with E-state index in [1.807, 2.05) is 18.2 Å². The normalized spacial score (nSPS) is 10.9. The highest BCUT2D eigenvalue weighted by Crippen LogP contribution is 2.30. The Morgan fingerprint density at radius 1 is 1.13 bits per heavy atom. The lowest BCUT2D eigenvalue weighted by Crippen LogP contribution is -2.20. The predicted molar refractivity (Wildman–Crippen MR) is 117 cm³/mol. The summed E-state index contributed by atoms with van der Waals surface area (Å²) in [5.74, 6) is 1.50. The fourth-order valence-electron chi connectivity index (χ4n) is 3.30. The summed E-state index contributed by atoms with van der Waals surface area (Å²) in [5.41, 5.74) is 2.86. The standard InChI is InChI=1S/C22H21ClN4O3/c1-3-27-19-11-17(29-2)7-4-14(19)10-20(27)18-12-21(26-25-18)24-22(28)13-30-16-8-5-15(23)6-9-16/h4-12H,3,13H2,1-2H3,(H2,24,25,26,28). The van der Waals surface area contributed by atoms with Crippen LogP contribution >= 0.6 is 11.6 Å². The van der Waals surface area contributed by atoms with E-state index in [2.05, 4.69) is 33.1 Å². The van der Waals surface area contributed by atoms with Gasteiger partial charge in [-0.05, 0) is 49.4 Å². The van der Waals surface area contributed by atoms with Gasteiger partial charge in [-0.25, -0.2) is 0 Å². The van der Waals surface area contributed by atoms with Gasteiger partial charge in [0.25, 0.3) is 5.91 Å². The lowest BCUT2D eigenvalue weighted by molar-refractivity contribution is -0.118. The highest BCUT2D eigenvalue weighted by molar-refractivity contribution is 6.30. The molecule has 0 radical (unpaired) electrons. The molecule has 0 saturated heterocycles. The molecule has 0 aliphatic rings. The number of methoxy groups -OCH3 is 1. The molecule has 2 heterocycles. The third-order valence-corrected chi connectivity index (χ3v) is 4.98. The van der Waals surface area contributed by atoms with Crippen molar-refractivity contribution < 1.29 is 14.3 Å². The van der Waals surface area contributed by atoms with Crippen molar-refractivity contribution in [3.05, 3.63) is 59.6 Å². The van der Waals surface area contributed by atoms with E-state index in [0.29, 0.717) is 16.6 Å². The van der Waals surface area contributed by atoms with Gasteiger partial charge in [-0.15, -0.1) is 0 Å². The van der Waals surface area contributed by atoms with Crippen LogP contribution in [0.4, 0.5) is 5.82 Å². The monoisotopic (exact) mass is 424 g/mol. The Hall–Kier alpha value is -3.45. The number of amides is 1. The molecule has 4 aromatic rings.